The van der Waals surface area contributed by atoms with Gasteiger partial charge in [-0.2, -0.15) is 5.10 Å². The van der Waals surface area contributed by atoms with Crippen molar-refractivity contribution in [2.75, 3.05) is 0 Å². The number of halogens is 2. The molecule has 0 saturated heterocycles. The molecular weight excluding hydrogens is 262 g/mol. The SMILES string of the molecule is NC1CCC(c2ncnn2-c2ccc(F)c(F)c2)CC1. The van der Waals surface area contributed by atoms with E-state index in [1.165, 1.54) is 12.4 Å². The minimum absolute atomic E-state index is 0.255. The first-order valence-electron chi connectivity index (χ1n) is 6.76. The third-order valence-electron chi connectivity index (χ3n) is 3.86. The molecule has 1 aliphatic carbocycles. The monoisotopic (exact) mass is 278 g/mol. The summed E-state index contributed by atoms with van der Waals surface area (Å²) in [6.45, 7) is 0. The molecule has 6 heteroatoms. The Morgan fingerprint density at radius 2 is 1.85 bits per heavy atom. The lowest BCUT2D eigenvalue weighted by Crippen LogP contribution is -2.26. The summed E-state index contributed by atoms with van der Waals surface area (Å²) in [6.07, 6.45) is 5.25. The Kier molecular flexibility index (Phi) is 3.48. The second-order valence-electron chi connectivity index (χ2n) is 5.24. The molecule has 2 N–H and O–H groups in total. The molecular formula is C14H16F2N4. The van der Waals surface area contributed by atoms with Crippen molar-refractivity contribution in [1.29, 1.82) is 0 Å². The highest BCUT2D eigenvalue weighted by atomic mass is 19.2. The normalized spacial score (nSPS) is 22.9. The van der Waals surface area contributed by atoms with Crippen molar-refractivity contribution in [3.63, 3.8) is 0 Å². The largest absolute Gasteiger partial charge is 0.328 e. The highest BCUT2D eigenvalue weighted by Crippen LogP contribution is 2.32. The summed E-state index contributed by atoms with van der Waals surface area (Å²) in [5.41, 5.74) is 6.39. The van der Waals surface area contributed by atoms with Crippen LogP contribution >= 0.6 is 0 Å². The lowest BCUT2D eigenvalue weighted by Gasteiger charge is -2.25. The van der Waals surface area contributed by atoms with Gasteiger partial charge < -0.3 is 5.73 Å². The van der Waals surface area contributed by atoms with Crippen LogP contribution < -0.4 is 5.73 Å². The van der Waals surface area contributed by atoms with Crippen LogP contribution in [0.1, 0.15) is 37.4 Å². The lowest BCUT2D eigenvalue weighted by atomic mass is 9.86. The molecule has 2 aromatic rings. The number of hydrogen-bond acceptors (Lipinski definition) is 3. The van der Waals surface area contributed by atoms with E-state index in [1.54, 1.807) is 4.68 Å². The fourth-order valence-corrected chi connectivity index (χ4v) is 2.72. The van der Waals surface area contributed by atoms with Crippen molar-refractivity contribution in [2.24, 2.45) is 5.73 Å². The van der Waals surface area contributed by atoms with Gasteiger partial charge in [-0.25, -0.2) is 18.4 Å². The molecule has 20 heavy (non-hydrogen) atoms. The maximum atomic E-state index is 13.3. The van der Waals surface area contributed by atoms with Crippen molar-refractivity contribution in [3.05, 3.63) is 42.0 Å². The molecule has 1 aromatic heterocycles. The van der Waals surface area contributed by atoms with Crippen LogP contribution in [0, 0.1) is 11.6 Å². The molecule has 1 heterocycles. The molecule has 3 rings (SSSR count). The van der Waals surface area contributed by atoms with Gasteiger partial charge in [0.15, 0.2) is 11.6 Å². The average Bonchev–Trinajstić information content (AvgIpc) is 2.92. The van der Waals surface area contributed by atoms with E-state index in [4.69, 9.17) is 5.73 Å². The van der Waals surface area contributed by atoms with Crippen LogP contribution in [0.15, 0.2) is 24.5 Å². The number of nitrogens with two attached hydrogens (primary N) is 1. The first kappa shape index (κ1) is 13.2. The number of nitrogens with zero attached hydrogens (tertiary/aromatic N) is 3. The summed E-state index contributed by atoms with van der Waals surface area (Å²) in [7, 11) is 0. The third kappa shape index (κ3) is 2.43. The molecule has 1 aliphatic rings. The van der Waals surface area contributed by atoms with E-state index in [-0.39, 0.29) is 12.0 Å². The summed E-state index contributed by atoms with van der Waals surface area (Å²) < 4.78 is 27.9. The number of benzene rings is 1. The fourth-order valence-electron chi connectivity index (χ4n) is 2.72. The van der Waals surface area contributed by atoms with Crippen LogP contribution in [0.3, 0.4) is 0 Å². The van der Waals surface area contributed by atoms with E-state index in [2.05, 4.69) is 10.1 Å². The molecule has 1 fully saturated rings. The maximum Gasteiger partial charge on any atom is 0.160 e. The predicted molar refractivity (Wildman–Crippen MR) is 70.5 cm³/mol. The van der Waals surface area contributed by atoms with E-state index in [1.807, 2.05) is 0 Å². The second kappa shape index (κ2) is 5.28. The van der Waals surface area contributed by atoms with Gasteiger partial charge in [-0.3, -0.25) is 0 Å². The minimum atomic E-state index is -0.880. The molecule has 1 saturated carbocycles. The van der Waals surface area contributed by atoms with Crippen LogP contribution in [-0.2, 0) is 0 Å². The van der Waals surface area contributed by atoms with Gasteiger partial charge in [-0.05, 0) is 37.8 Å². The highest BCUT2D eigenvalue weighted by Gasteiger charge is 2.24. The zero-order valence-electron chi connectivity index (χ0n) is 11.0. The van der Waals surface area contributed by atoms with Gasteiger partial charge in [0.1, 0.15) is 12.2 Å². The molecule has 0 bridgehead atoms. The van der Waals surface area contributed by atoms with Gasteiger partial charge in [0.05, 0.1) is 5.69 Å². The Bertz CT molecular complexity index is 603. The Balaban J connectivity index is 1.91. The topological polar surface area (TPSA) is 56.7 Å². The van der Waals surface area contributed by atoms with Crippen molar-refractivity contribution in [2.45, 2.75) is 37.6 Å². The standard InChI is InChI=1S/C14H16F2N4/c15-12-6-5-11(7-13(12)16)20-14(18-8-19-20)9-1-3-10(17)4-2-9/h5-10H,1-4,17H2. The van der Waals surface area contributed by atoms with Gasteiger partial charge in [-0.15, -0.1) is 0 Å². The van der Waals surface area contributed by atoms with Gasteiger partial charge >= 0.3 is 0 Å². The molecule has 0 spiro atoms. The van der Waals surface area contributed by atoms with Crippen LogP contribution in [-0.4, -0.2) is 20.8 Å². The van der Waals surface area contributed by atoms with Gasteiger partial charge in [0.25, 0.3) is 0 Å². The van der Waals surface area contributed by atoms with Crippen LogP contribution in [0.2, 0.25) is 0 Å². The van der Waals surface area contributed by atoms with Crippen LogP contribution in [0.25, 0.3) is 5.69 Å². The lowest BCUT2D eigenvalue weighted by molar-refractivity contribution is 0.380. The van der Waals surface area contributed by atoms with E-state index < -0.39 is 11.6 Å². The van der Waals surface area contributed by atoms with E-state index in [0.29, 0.717) is 5.69 Å². The summed E-state index contributed by atoms with van der Waals surface area (Å²) in [5.74, 6) is -0.679. The summed E-state index contributed by atoms with van der Waals surface area (Å²) in [5, 5.41) is 4.14. The maximum absolute atomic E-state index is 13.3. The van der Waals surface area contributed by atoms with Crippen molar-refractivity contribution >= 4 is 0 Å². The second-order valence-corrected chi connectivity index (χ2v) is 5.24. The van der Waals surface area contributed by atoms with Gasteiger partial charge in [0.2, 0.25) is 0 Å². The van der Waals surface area contributed by atoms with Crippen molar-refractivity contribution in [1.82, 2.24) is 14.8 Å². The number of rotatable bonds is 2. The average molecular weight is 278 g/mol. The quantitative estimate of drug-likeness (QED) is 0.918. The van der Waals surface area contributed by atoms with Crippen LogP contribution in [0.5, 0.6) is 0 Å². The predicted octanol–water partition coefficient (Wildman–Crippen LogP) is 2.53. The van der Waals surface area contributed by atoms with E-state index in [0.717, 1.165) is 43.6 Å². The summed E-state index contributed by atoms with van der Waals surface area (Å²) >= 11 is 0. The Labute approximate surface area is 115 Å². The molecule has 0 atom stereocenters. The van der Waals surface area contributed by atoms with Crippen molar-refractivity contribution < 1.29 is 8.78 Å². The zero-order valence-corrected chi connectivity index (χ0v) is 11.0. The first-order chi connectivity index (χ1) is 9.65. The Morgan fingerprint density at radius 1 is 1.10 bits per heavy atom. The van der Waals surface area contributed by atoms with Crippen molar-refractivity contribution in [3.8, 4) is 5.69 Å². The van der Waals surface area contributed by atoms with Crippen LogP contribution in [0.4, 0.5) is 8.78 Å². The molecule has 106 valence electrons. The summed E-state index contributed by atoms with van der Waals surface area (Å²) in [4.78, 5) is 4.29. The van der Waals surface area contributed by atoms with Gasteiger partial charge in [0, 0.05) is 18.0 Å². The van der Waals surface area contributed by atoms with E-state index in [9.17, 15) is 8.78 Å². The molecule has 0 unspecified atom stereocenters. The zero-order chi connectivity index (χ0) is 14.1. The van der Waals surface area contributed by atoms with E-state index >= 15 is 0 Å². The number of hydrogen-bond donors (Lipinski definition) is 1. The number of aromatic nitrogens is 3. The molecule has 1 aromatic carbocycles. The first-order valence-corrected chi connectivity index (χ1v) is 6.76. The molecule has 4 nitrogen and oxygen atoms in total. The molecule has 0 radical (unpaired) electrons. The third-order valence-corrected chi connectivity index (χ3v) is 3.86. The summed E-state index contributed by atoms with van der Waals surface area (Å²) in [6, 6.07) is 4.01. The fraction of sp³-hybridized carbons (Fsp3) is 0.429. The minimum Gasteiger partial charge on any atom is -0.328 e. The molecule has 0 aliphatic heterocycles. The Hall–Kier alpha value is -1.82. The molecule has 0 amide bonds. The Morgan fingerprint density at radius 3 is 2.55 bits per heavy atom. The highest BCUT2D eigenvalue weighted by molar-refractivity contribution is 5.33. The smallest absolute Gasteiger partial charge is 0.160 e. The van der Waals surface area contributed by atoms with Gasteiger partial charge in [-0.1, -0.05) is 0 Å².